The minimum absolute atomic E-state index is 0.0446. The average molecular weight is 448 g/mol. The van der Waals surface area contributed by atoms with Crippen LogP contribution < -0.4 is 5.32 Å². The van der Waals surface area contributed by atoms with Crippen molar-refractivity contribution in [1.29, 1.82) is 0 Å². The fourth-order valence-corrected chi connectivity index (χ4v) is 5.57. The van der Waals surface area contributed by atoms with Crippen molar-refractivity contribution in [1.82, 2.24) is 9.21 Å². The van der Waals surface area contributed by atoms with Crippen LogP contribution in [-0.4, -0.2) is 55.5 Å². The van der Waals surface area contributed by atoms with Gasteiger partial charge in [0.15, 0.2) is 0 Å². The van der Waals surface area contributed by atoms with E-state index < -0.39 is 27.7 Å². The molecule has 3 amide bonds. The molecule has 0 saturated carbocycles. The number of nitrogens with zero attached hydrogens (tertiary/aromatic N) is 2. The van der Waals surface area contributed by atoms with Crippen molar-refractivity contribution in [3.63, 3.8) is 0 Å². The number of carbonyl (C=O) groups is 3. The monoisotopic (exact) mass is 447 g/mol. The van der Waals surface area contributed by atoms with E-state index in [9.17, 15) is 22.8 Å². The number of halogens is 1. The lowest BCUT2D eigenvalue weighted by Gasteiger charge is -2.17. The Hall–Kier alpha value is -2.75. The summed E-state index contributed by atoms with van der Waals surface area (Å²) < 4.78 is 27.1. The Balaban J connectivity index is 1.61. The van der Waals surface area contributed by atoms with Gasteiger partial charge in [-0.3, -0.25) is 19.3 Å². The number of anilines is 1. The number of hydrogen-bond acceptors (Lipinski definition) is 5. The van der Waals surface area contributed by atoms with E-state index in [1.54, 1.807) is 0 Å². The molecule has 2 aliphatic rings. The summed E-state index contributed by atoms with van der Waals surface area (Å²) in [5.74, 6) is -1.41. The molecule has 10 heteroatoms. The highest BCUT2D eigenvalue weighted by molar-refractivity contribution is 7.89. The number of rotatable bonds is 4. The second kappa shape index (κ2) is 7.50. The summed E-state index contributed by atoms with van der Waals surface area (Å²) in [4.78, 5) is 37.7. The highest BCUT2D eigenvalue weighted by Crippen LogP contribution is 2.29. The maximum absolute atomic E-state index is 12.8. The van der Waals surface area contributed by atoms with E-state index in [0.29, 0.717) is 18.8 Å². The first-order valence-corrected chi connectivity index (χ1v) is 11.1. The van der Waals surface area contributed by atoms with E-state index in [1.807, 2.05) is 0 Å². The molecule has 4 rings (SSSR count). The van der Waals surface area contributed by atoms with E-state index in [-0.39, 0.29) is 26.6 Å². The van der Waals surface area contributed by atoms with Gasteiger partial charge in [0.2, 0.25) is 10.0 Å². The van der Waals surface area contributed by atoms with Crippen molar-refractivity contribution in [2.75, 3.05) is 25.5 Å². The topological polar surface area (TPSA) is 104 Å². The number of imide groups is 1. The van der Waals surface area contributed by atoms with E-state index in [2.05, 4.69) is 5.32 Å². The minimum Gasteiger partial charge on any atom is -0.322 e. The van der Waals surface area contributed by atoms with Crippen LogP contribution in [-0.2, 0) is 10.0 Å². The van der Waals surface area contributed by atoms with Crippen LogP contribution >= 0.6 is 11.6 Å². The van der Waals surface area contributed by atoms with Crippen molar-refractivity contribution in [2.24, 2.45) is 0 Å². The molecule has 2 heterocycles. The van der Waals surface area contributed by atoms with Gasteiger partial charge in [-0.1, -0.05) is 11.6 Å². The Morgan fingerprint density at radius 2 is 1.67 bits per heavy atom. The number of amides is 3. The van der Waals surface area contributed by atoms with E-state index in [1.165, 1.54) is 47.8 Å². The zero-order valence-corrected chi connectivity index (χ0v) is 17.6. The van der Waals surface area contributed by atoms with Crippen LogP contribution in [0.3, 0.4) is 0 Å². The fourth-order valence-electron chi connectivity index (χ4n) is 3.55. The molecular weight excluding hydrogens is 430 g/mol. The van der Waals surface area contributed by atoms with Crippen molar-refractivity contribution in [3.8, 4) is 0 Å². The predicted octanol–water partition coefficient (Wildman–Crippen LogP) is 2.60. The summed E-state index contributed by atoms with van der Waals surface area (Å²) in [5.41, 5.74) is 0.894. The van der Waals surface area contributed by atoms with Gasteiger partial charge >= 0.3 is 0 Å². The predicted molar refractivity (Wildman–Crippen MR) is 110 cm³/mol. The van der Waals surface area contributed by atoms with Gasteiger partial charge in [0.05, 0.1) is 16.1 Å². The van der Waals surface area contributed by atoms with Crippen molar-refractivity contribution >= 4 is 45.0 Å². The summed E-state index contributed by atoms with van der Waals surface area (Å²) in [6, 6.07) is 8.46. The van der Waals surface area contributed by atoms with Gasteiger partial charge in [0, 0.05) is 31.4 Å². The van der Waals surface area contributed by atoms with E-state index in [4.69, 9.17) is 11.6 Å². The van der Waals surface area contributed by atoms with Crippen molar-refractivity contribution in [3.05, 3.63) is 58.1 Å². The lowest BCUT2D eigenvalue weighted by Crippen LogP contribution is -2.28. The standard InChI is InChI=1S/C20H18ClN3O5S/c1-23-19(26)14-6-5-13(11-15(14)20(23)27)22-18(25)12-4-7-16(21)17(10-12)30(28,29)24-8-2-3-9-24/h4-7,10-11H,2-3,8-9H2,1H3,(H,22,25). The molecule has 1 fully saturated rings. The molecule has 2 aliphatic heterocycles. The number of sulfonamides is 1. The Morgan fingerprint density at radius 3 is 2.37 bits per heavy atom. The summed E-state index contributed by atoms with van der Waals surface area (Å²) in [5, 5.41) is 2.68. The first-order chi connectivity index (χ1) is 14.2. The SMILES string of the molecule is CN1C(=O)c2ccc(NC(=O)c3ccc(Cl)c(S(=O)(=O)N4CCCC4)c3)cc2C1=O. The van der Waals surface area contributed by atoms with E-state index >= 15 is 0 Å². The molecule has 8 nitrogen and oxygen atoms in total. The van der Waals surface area contributed by atoms with Gasteiger partial charge in [0.25, 0.3) is 17.7 Å². The molecule has 2 aromatic carbocycles. The van der Waals surface area contributed by atoms with Crippen LogP contribution in [0.15, 0.2) is 41.3 Å². The molecule has 0 radical (unpaired) electrons. The molecule has 0 bridgehead atoms. The van der Waals surface area contributed by atoms with Gasteiger partial charge < -0.3 is 5.32 Å². The van der Waals surface area contributed by atoms with Gasteiger partial charge in [-0.2, -0.15) is 4.31 Å². The number of benzene rings is 2. The minimum atomic E-state index is -3.79. The summed E-state index contributed by atoms with van der Waals surface area (Å²) >= 11 is 6.12. The summed E-state index contributed by atoms with van der Waals surface area (Å²) in [6.45, 7) is 0.844. The first kappa shape index (κ1) is 20.5. The largest absolute Gasteiger partial charge is 0.322 e. The van der Waals surface area contributed by atoms with Crippen LogP contribution in [0.1, 0.15) is 43.9 Å². The Labute approximate surface area is 178 Å². The maximum atomic E-state index is 12.8. The highest BCUT2D eigenvalue weighted by atomic mass is 35.5. The van der Waals surface area contributed by atoms with Crippen molar-refractivity contribution in [2.45, 2.75) is 17.7 Å². The molecule has 0 atom stereocenters. The molecule has 0 spiro atoms. The highest BCUT2D eigenvalue weighted by Gasteiger charge is 2.33. The fraction of sp³-hybridized carbons (Fsp3) is 0.250. The zero-order valence-electron chi connectivity index (χ0n) is 16.0. The average Bonchev–Trinajstić information content (AvgIpc) is 3.33. The number of nitrogens with one attached hydrogen (secondary N) is 1. The van der Waals surface area contributed by atoms with Crippen LogP contribution in [0.25, 0.3) is 0 Å². The van der Waals surface area contributed by atoms with Crippen LogP contribution in [0, 0.1) is 0 Å². The third-order valence-corrected chi connectivity index (χ3v) is 7.60. The molecule has 0 aliphatic carbocycles. The summed E-state index contributed by atoms with van der Waals surface area (Å²) in [7, 11) is -2.40. The quantitative estimate of drug-likeness (QED) is 0.725. The Morgan fingerprint density at radius 1 is 1.00 bits per heavy atom. The van der Waals surface area contributed by atoms with E-state index in [0.717, 1.165) is 17.7 Å². The second-order valence-electron chi connectivity index (χ2n) is 7.14. The summed E-state index contributed by atoms with van der Waals surface area (Å²) in [6.07, 6.45) is 1.57. The molecule has 156 valence electrons. The van der Waals surface area contributed by atoms with Gasteiger partial charge in [-0.05, 0) is 49.2 Å². The zero-order chi connectivity index (χ0) is 21.6. The molecule has 30 heavy (non-hydrogen) atoms. The number of fused-ring (bicyclic) bond motifs is 1. The second-order valence-corrected chi connectivity index (χ2v) is 9.45. The Kier molecular flexibility index (Phi) is 5.13. The Bertz CT molecular complexity index is 1190. The third-order valence-electron chi connectivity index (χ3n) is 5.22. The molecule has 1 N–H and O–H groups in total. The number of hydrogen-bond donors (Lipinski definition) is 1. The van der Waals surface area contributed by atoms with Crippen LogP contribution in [0.5, 0.6) is 0 Å². The number of carbonyl (C=O) groups excluding carboxylic acids is 3. The first-order valence-electron chi connectivity index (χ1n) is 9.27. The molecule has 0 aromatic heterocycles. The van der Waals surface area contributed by atoms with Gasteiger partial charge in [-0.25, -0.2) is 8.42 Å². The molecule has 1 saturated heterocycles. The molecular formula is C20H18ClN3O5S. The smallest absolute Gasteiger partial charge is 0.261 e. The lowest BCUT2D eigenvalue weighted by molar-refractivity contribution is 0.0692. The van der Waals surface area contributed by atoms with Crippen molar-refractivity contribution < 1.29 is 22.8 Å². The third kappa shape index (κ3) is 3.38. The van der Waals surface area contributed by atoms with Crippen LogP contribution in [0.2, 0.25) is 5.02 Å². The van der Waals surface area contributed by atoms with Crippen LogP contribution in [0.4, 0.5) is 5.69 Å². The maximum Gasteiger partial charge on any atom is 0.261 e. The van der Waals surface area contributed by atoms with Gasteiger partial charge in [0.1, 0.15) is 4.90 Å². The normalized spacial score (nSPS) is 16.8. The molecule has 2 aromatic rings. The van der Waals surface area contributed by atoms with Gasteiger partial charge in [-0.15, -0.1) is 0 Å². The molecule has 0 unspecified atom stereocenters. The lowest BCUT2D eigenvalue weighted by atomic mass is 10.1.